The molecule has 1 aliphatic rings. The highest BCUT2D eigenvalue weighted by atomic mass is 35.5. The minimum atomic E-state index is -0.984. The van der Waals surface area contributed by atoms with Gasteiger partial charge in [0.15, 0.2) is 0 Å². The zero-order chi connectivity index (χ0) is 26.5. The van der Waals surface area contributed by atoms with Crippen LogP contribution in [-0.4, -0.2) is 53.7 Å². The van der Waals surface area contributed by atoms with Gasteiger partial charge in [0.05, 0.1) is 23.0 Å². The summed E-state index contributed by atoms with van der Waals surface area (Å²) in [6.45, 7) is 0.705. The molecule has 4 N–H and O–H groups in total. The summed E-state index contributed by atoms with van der Waals surface area (Å²) < 4.78 is 1.50. The zero-order valence-electron chi connectivity index (χ0n) is 20.3. The van der Waals surface area contributed by atoms with E-state index in [2.05, 4.69) is 31.1 Å². The summed E-state index contributed by atoms with van der Waals surface area (Å²) in [4.78, 5) is 32.4. The van der Waals surface area contributed by atoms with Crippen LogP contribution >= 0.6 is 11.6 Å². The Balaban J connectivity index is 1.38. The number of fused-ring (bicyclic) bond motifs is 4. The highest BCUT2D eigenvalue weighted by molar-refractivity contribution is 6.30. The molecule has 3 heterocycles. The van der Waals surface area contributed by atoms with Crippen molar-refractivity contribution in [2.24, 2.45) is 0 Å². The molecule has 12 heteroatoms. The summed E-state index contributed by atoms with van der Waals surface area (Å²) in [5.41, 5.74) is 3.75. The van der Waals surface area contributed by atoms with Gasteiger partial charge in [-0.3, -0.25) is 4.79 Å². The first-order chi connectivity index (χ1) is 18.5. The van der Waals surface area contributed by atoms with E-state index in [4.69, 9.17) is 16.6 Å². The van der Waals surface area contributed by atoms with Gasteiger partial charge in [-0.05, 0) is 65.7 Å². The molecular weight excluding hydrogens is 508 g/mol. The van der Waals surface area contributed by atoms with Crippen LogP contribution < -0.4 is 10.6 Å². The van der Waals surface area contributed by atoms with Gasteiger partial charge in [-0.2, -0.15) is 4.68 Å². The number of aromatic nitrogens is 6. The fourth-order valence-electron chi connectivity index (χ4n) is 4.38. The van der Waals surface area contributed by atoms with Crippen molar-refractivity contribution >= 4 is 35.2 Å². The van der Waals surface area contributed by atoms with E-state index >= 15 is 0 Å². The highest BCUT2D eigenvalue weighted by Crippen LogP contribution is 2.30. The molecule has 1 aliphatic heterocycles. The number of H-pyrrole nitrogens is 1. The monoisotopic (exact) mass is 532 g/mol. The molecular formula is C26H25ClN8O3. The van der Waals surface area contributed by atoms with Crippen molar-refractivity contribution in [3.05, 3.63) is 77.0 Å². The molecule has 38 heavy (non-hydrogen) atoms. The standard InChI is InChI=1S/C26H25ClN8O3/c27-18-7-9-23(35-15-30-33-34-35)16(12-18)6-10-24(36)31-20-4-2-1-3-11-28-21-13-17(26(37)38)5-8-19(21)22-14-29-25(20)32-22/h5-10,12-15,20,28H,1-4,11H2,(H,29,32)(H,31,36)(H,37,38)/t20-/m0/s1. The maximum Gasteiger partial charge on any atom is 0.335 e. The number of imidazole rings is 1. The number of halogens is 1. The predicted molar refractivity (Wildman–Crippen MR) is 142 cm³/mol. The van der Waals surface area contributed by atoms with E-state index in [1.54, 1.807) is 48.7 Å². The van der Waals surface area contributed by atoms with Crippen LogP contribution in [0.1, 0.15) is 53.5 Å². The topological polar surface area (TPSA) is 151 Å². The van der Waals surface area contributed by atoms with Crippen molar-refractivity contribution in [1.82, 2.24) is 35.5 Å². The first-order valence-corrected chi connectivity index (χ1v) is 12.5. The molecule has 1 atom stereocenters. The minimum absolute atomic E-state index is 0.207. The van der Waals surface area contributed by atoms with Gasteiger partial charge in [0.25, 0.3) is 0 Å². The third-order valence-electron chi connectivity index (χ3n) is 6.27. The Bertz CT molecular complexity index is 1480. The summed E-state index contributed by atoms with van der Waals surface area (Å²) in [6.07, 6.45) is 9.80. The molecule has 0 saturated carbocycles. The fraction of sp³-hybridized carbons (Fsp3) is 0.231. The molecule has 4 aromatic rings. The number of aromatic amines is 1. The van der Waals surface area contributed by atoms with Crippen LogP contribution in [0.15, 0.2) is 55.0 Å². The second-order valence-electron chi connectivity index (χ2n) is 8.86. The number of anilines is 1. The Kier molecular flexibility index (Phi) is 7.45. The van der Waals surface area contributed by atoms with E-state index in [9.17, 15) is 14.7 Å². The van der Waals surface area contributed by atoms with Crippen molar-refractivity contribution < 1.29 is 14.7 Å². The van der Waals surface area contributed by atoms with E-state index in [-0.39, 0.29) is 17.5 Å². The molecule has 0 spiro atoms. The lowest BCUT2D eigenvalue weighted by molar-refractivity contribution is -0.117. The fourth-order valence-corrected chi connectivity index (χ4v) is 4.56. The Morgan fingerprint density at radius 1 is 1.16 bits per heavy atom. The van der Waals surface area contributed by atoms with Crippen LogP contribution in [0.3, 0.4) is 0 Å². The van der Waals surface area contributed by atoms with Gasteiger partial charge in [-0.25, -0.2) is 9.78 Å². The third-order valence-corrected chi connectivity index (χ3v) is 6.51. The Labute approximate surface area is 222 Å². The summed E-state index contributed by atoms with van der Waals surface area (Å²) in [6, 6.07) is 9.85. The van der Waals surface area contributed by atoms with Gasteiger partial charge >= 0.3 is 5.97 Å². The molecule has 0 unspecified atom stereocenters. The number of benzene rings is 2. The van der Waals surface area contributed by atoms with Crippen LogP contribution in [0.25, 0.3) is 23.0 Å². The molecule has 5 rings (SSSR count). The SMILES string of the molecule is O=C(C=Cc1cc(Cl)ccc1-n1cnnn1)N[C@H]1CCCCCNc2cc(C(=O)O)ccc2-c2c[nH]c1n2. The Morgan fingerprint density at radius 3 is 2.87 bits per heavy atom. The van der Waals surface area contributed by atoms with Crippen LogP contribution in [0.5, 0.6) is 0 Å². The molecule has 0 aliphatic carbocycles. The number of carbonyl (C=O) groups excluding carboxylic acids is 1. The third kappa shape index (κ3) is 5.73. The van der Waals surface area contributed by atoms with Crippen LogP contribution in [0.4, 0.5) is 5.69 Å². The normalized spacial score (nSPS) is 15.7. The van der Waals surface area contributed by atoms with Crippen molar-refractivity contribution in [1.29, 1.82) is 0 Å². The molecule has 2 aromatic heterocycles. The van der Waals surface area contributed by atoms with Crippen LogP contribution in [0, 0.1) is 0 Å². The molecule has 1 amide bonds. The number of aromatic carboxylic acids is 1. The number of rotatable bonds is 5. The van der Waals surface area contributed by atoms with Gasteiger partial charge in [-0.1, -0.05) is 24.4 Å². The quantitative estimate of drug-likeness (QED) is 0.278. The summed E-state index contributed by atoms with van der Waals surface area (Å²) in [7, 11) is 0. The summed E-state index contributed by atoms with van der Waals surface area (Å²) in [5.74, 6) is -0.634. The summed E-state index contributed by atoms with van der Waals surface area (Å²) >= 11 is 6.18. The van der Waals surface area contributed by atoms with E-state index in [1.807, 2.05) is 0 Å². The number of hydrogen-bond donors (Lipinski definition) is 4. The van der Waals surface area contributed by atoms with Gasteiger partial charge in [0.1, 0.15) is 12.2 Å². The lowest BCUT2D eigenvalue weighted by Crippen LogP contribution is -2.27. The van der Waals surface area contributed by atoms with Crippen molar-refractivity contribution in [2.45, 2.75) is 31.7 Å². The van der Waals surface area contributed by atoms with Crippen LogP contribution in [-0.2, 0) is 4.79 Å². The number of carbonyl (C=O) groups is 2. The molecule has 0 radical (unpaired) electrons. The first-order valence-electron chi connectivity index (χ1n) is 12.2. The number of hydrogen-bond acceptors (Lipinski definition) is 7. The lowest BCUT2D eigenvalue weighted by atomic mass is 10.0. The molecule has 11 nitrogen and oxygen atoms in total. The maximum absolute atomic E-state index is 13.0. The maximum atomic E-state index is 13.0. The van der Waals surface area contributed by atoms with Crippen LogP contribution in [0.2, 0.25) is 5.02 Å². The van der Waals surface area contributed by atoms with E-state index in [0.717, 1.165) is 24.8 Å². The average molecular weight is 533 g/mol. The van der Waals surface area contributed by atoms with E-state index in [1.165, 1.54) is 17.1 Å². The van der Waals surface area contributed by atoms with Crippen molar-refractivity contribution in [3.63, 3.8) is 0 Å². The van der Waals surface area contributed by atoms with E-state index < -0.39 is 5.97 Å². The summed E-state index contributed by atoms with van der Waals surface area (Å²) in [5, 5.41) is 27.6. The predicted octanol–water partition coefficient (Wildman–Crippen LogP) is 4.26. The number of tetrazole rings is 1. The molecule has 2 bridgehead atoms. The van der Waals surface area contributed by atoms with Gasteiger partial charge in [0, 0.05) is 40.7 Å². The highest BCUT2D eigenvalue weighted by Gasteiger charge is 2.20. The number of amides is 1. The number of nitrogens with zero attached hydrogens (tertiary/aromatic N) is 5. The molecule has 0 saturated heterocycles. The number of nitrogens with one attached hydrogen (secondary N) is 3. The van der Waals surface area contributed by atoms with Crippen molar-refractivity contribution in [3.8, 4) is 16.9 Å². The second kappa shape index (κ2) is 11.3. The zero-order valence-corrected chi connectivity index (χ0v) is 21.0. The Morgan fingerprint density at radius 2 is 2.05 bits per heavy atom. The van der Waals surface area contributed by atoms with Crippen molar-refractivity contribution in [2.75, 3.05) is 11.9 Å². The first kappa shape index (κ1) is 25.2. The smallest absolute Gasteiger partial charge is 0.335 e. The Hall–Kier alpha value is -4.51. The molecule has 194 valence electrons. The molecule has 2 aromatic carbocycles. The molecule has 0 fully saturated rings. The largest absolute Gasteiger partial charge is 0.478 e. The second-order valence-corrected chi connectivity index (χ2v) is 9.30. The van der Waals surface area contributed by atoms with Gasteiger partial charge < -0.3 is 20.7 Å². The van der Waals surface area contributed by atoms with Gasteiger partial charge in [0.2, 0.25) is 5.91 Å². The lowest BCUT2D eigenvalue weighted by Gasteiger charge is -2.17. The van der Waals surface area contributed by atoms with E-state index in [0.29, 0.717) is 46.4 Å². The van der Waals surface area contributed by atoms with Gasteiger partial charge in [-0.15, -0.1) is 5.10 Å². The number of carboxylic acid groups (broad SMARTS) is 1. The minimum Gasteiger partial charge on any atom is -0.478 e. The average Bonchev–Trinajstić information content (AvgIpc) is 3.61. The number of carboxylic acids is 1.